The fraction of sp³-hybridized carbons (Fsp3) is 0. The summed E-state index contributed by atoms with van der Waals surface area (Å²) in [5.74, 6) is 0. The maximum Gasteiger partial charge on any atom is 0.222 e. The Hall–Kier alpha value is -2.43. The lowest BCUT2D eigenvalue weighted by atomic mass is 10.0. The van der Waals surface area contributed by atoms with Crippen molar-refractivity contribution in [3.8, 4) is 22.5 Å². The number of halogens is 2. The molecule has 6 heteroatoms. The number of hydrogen-bond acceptors (Lipinski definition) is 3. The lowest BCUT2D eigenvalue weighted by Crippen LogP contribution is -1.89. The van der Waals surface area contributed by atoms with Gasteiger partial charge in [-0.15, -0.1) is 0 Å². The molecule has 0 aliphatic rings. The second kappa shape index (κ2) is 5.65. The first-order chi connectivity index (χ1) is 11.2. The number of H-pyrrole nitrogens is 1. The molecule has 114 valence electrons. The van der Waals surface area contributed by atoms with Crippen LogP contribution in [0.5, 0.6) is 0 Å². The standard InChI is InChI=1S/C17H10Cl2N4.H2/c18-11-7-10(8-20-9-11)16-15(14-5-6-21-17(19)23-14)12-3-1-2-4-13(12)22-16;/h1-9,22H;1H/i;1+1. The van der Waals surface area contributed by atoms with Gasteiger partial charge >= 0.3 is 0 Å². The molecule has 0 aliphatic carbocycles. The number of hydrogen-bond donors (Lipinski definition) is 1. The largest absolute Gasteiger partial charge is 0.354 e. The number of para-hydroxylation sites is 1. The molecule has 0 bridgehead atoms. The van der Waals surface area contributed by atoms with E-state index in [1.165, 1.54) is 0 Å². The number of pyridine rings is 1. The molecule has 3 heterocycles. The van der Waals surface area contributed by atoms with Crippen LogP contribution in [0.3, 0.4) is 0 Å². The Morgan fingerprint density at radius 2 is 1.91 bits per heavy atom. The lowest BCUT2D eigenvalue weighted by molar-refractivity contribution is 1.17. The van der Waals surface area contributed by atoms with E-state index in [-0.39, 0.29) is 6.71 Å². The van der Waals surface area contributed by atoms with Crippen molar-refractivity contribution in [1.82, 2.24) is 19.9 Å². The highest BCUT2D eigenvalue weighted by molar-refractivity contribution is 6.30. The van der Waals surface area contributed by atoms with Crippen molar-refractivity contribution in [2.75, 3.05) is 0 Å². The average Bonchev–Trinajstić information content (AvgIpc) is 2.94. The van der Waals surface area contributed by atoms with Gasteiger partial charge in [-0.05, 0) is 29.8 Å². The predicted octanol–water partition coefficient (Wildman–Crippen LogP) is 5.24. The molecule has 0 radical (unpaired) electrons. The van der Waals surface area contributed by atoms with Gasteiger partial charge in [0, 0.05) is 42.0 Å². The summed E-state index contributed by atoms with van der Waals surface area (Å²) < 4.78 is 0. The summed E-state index contributed by atoms with van der Waals surface area (Å²) in [6.07, 6.45) is 5.02. The summed E-state index contributed by atoms with van der Waals surface area (Å²) in [6.45, 7) is 0. The number of nitrogens with one attached hydrogen (secondary N) is 1. The molecule has 0 atom stereocenters. The molecule has 0 saturated heterocycles. The minimum absolute atomic E-state index is 0. The molecule has 1 N–H and O–H groups in total. The molecule has 0 spiro atoms. The summed E-state index contributed by atoms with van der Waals surface area (Å²) >= 11 is 12.1. The zero-order valence-electron chi connectivity index (χ0n) is 11.8. The zero-order chi connectivity index (χ0) is 15.8. The summed E-state index contributed by atoms with van der Waals surface area (Å²) in [5, 5.41) is 1.84. The molecule has 0 aliphatic heterocycles. The van der Waals surface area contributed by atoms with Crippen LogP contribution >= 0.6 is 23.2 Å². The number of aromatic amines is 1. The van der Waals surface area contributed by atoms with Gasteiger partial charge in [0.05, 0.1) is 16.4 Å². The van der Waals surface area contributed by atoms with Crippen molar-refractivity contribution in [2.24, 2.45) is 0 Å². The predicted molar refractivity (Wildman–Crippen MR) is 94.7 cm³/mol. The smallest absolute Gasteiger partial charge is 0.222 e. The molecule has 4 nitrogen and oxygen atoms in total. The average molecular weight is 344 g/mol. The van der Waals surface area contributed by atoms with E-state index in [0.29, 0.717) is 5.02 Å². The minimum atomic E-state index is 0. The molecular weight excluding hydrogens is 331 g/mol. The highest BCUT2D eigenvalue weighted by Crippen LogP contribution is 2.37. The fourth-order valence-electron chi connectivity index (χ4n) is 2.65. The van der Waals surface area contributed by atoms with Crippen LogP contribution < -0.4 is 0 Å². The molecule has 0 saturated carbocycles. The van der Waals surface area contributed by atoms with E-state index in [0.717, 1.165) is 33.4 Å². The van der Waals surface area contributed by atoms with Gasteiger partial charge in [0.2, 0.25) is 5.28 Å². The van der Waals surface area contributed by atoms with Crippen LogP contribution in [-0.2, 0) is 0 Å². The Morgan fingerprint density at radius 1 is 1.04 bits per heavy atom. The molecule has 3 aromatic heterocycles. The van der Waals surface area contributed by atoms with Crippen LogP contribution in [0, 0.1) is 0 Å². The molecule has 0 amide bonds. The maximum atomic E-state index is 6.09. The quantitative estimate of drug-likeness (QED) is 0.506. The van der Waals surface area contributed by atoms with E-state index in [9.17, 15) is 0 Å². The van der Waals surface area contributed by atoms with E-state index in [1.807, 2.05) is 36.4 Å². The monoisotopic (exact) mass is 343 g/mol. The lowest BCUT2D eigenvalue weighted by Gasteiger charge is -2.05. The molecule has 0 fully saturated rings. The van der Waals surface area contributed by atoms with Gasteiger partial charge in [-0.25, -0.2) is 9.97 Å². The van der Waals surface area contributed by atoms with E-state index in [2.05, 4.69) is 19.9 Å². The number of aromatic nitrogens is 4. The Labute approximate surface area is 143 Å². The summed E-state index contributed by atoms with van der Waals surface area (Å²) in [6, 6.07) is 11.7. The van der Waals surface area contributed by atoms with E-state index in [1.54, 1.807) is 18.6 Å². The van der Waals surface area contributed by atoms with Gasteiger partial charge in [0.1, 0.15) is 0 Å². The van der Waals surface area contributed by atoms with Crippen LogP contribution in [0.15, 0.2) is 55.0 Å². The maximum absolute atomic E-state index is 6.09. The van der Waals surface area contributed by atoms with Crippen molar-refractivity contribution >= 4 is 34.1 Å². The van der Waals surface area contributed by atoms with Crippen LogP contribution in [0.1, 0.15) is 1.43 Å². The summed E-state index contributed by atoms with van der Waals surface area (Å²) in [4.78, 5) is 15.9. The Kier molecular flexibility index (Phi) is 3.48. The number of fused-ring (bicyclic) bond motifs is 1. The van der Waals surface area contributed by atoms with Crippen LogP contribution in [0.25, 0.3) is 33.4 Å². The zero-order valence-corrected chi connectivity index (χ0v) is 13.3. The second-order valence-electron chi connectivity index (χ2n) is 5.02. The topological polar surface area (TPSA) is 54.5 Å². The van der Waals surface area contributed by atoms with Crippen LogP contribution in [-0.4, -0.2) is 19.9 Å². The third kappa shape index (κ3) is 2.56. The molecule has 1 aromatic carbocycles. The molecular formula is C17H12Cl2N4. The Balaban J connectivity index is 0.00000169. The second-order valence-corrected chi connectivity index (χ2v) is 5.80. The van der Waals surface area contributed by atoms with Gasteiger partial charge in [-0.3, -0.25) is 4.98 Å². The summed E-state index contributed by atoms with van der Waals surface area (Å²) in [5.41, 5.74) is 4.49. The van der Waals surface area contributed by atoms with Crippen molar-refractivity contribution < 1.29 is 1.43 Å². The van der Waals surface area contributed by atoms with E-state index in [4.69, 9.17) is 23.2 Å². The van der Waals surface area contributed by atoms with Gasteiger partial charge in [-0.1, -0.05) is 29.8 Å². The normalized spacial score (nSPS) is 11.0. The molecule has 4 aromatic rings. The third-order valence-electron chi connectivity index (χ3n) is 3.58. The van der Waals surface area contributed by atoms with E-state index >= 15 is 0 Å². The van der Waals surface area contributed by atoms with Gasteiger partial charge in [0.25, 0.3) is 0 Å². The first-order valence-corrected chi connectivity index (χ1v) is 7.68. The van der Waals surface area contributed by atoms with Crippen molar-refractivity contribution in [3.05, 3.63) is 65.3 Å². The van der Waals surface area contributed by atoms with Crippen LogP contribution in [0.2, 0.25) is 10.3 Å². The van der Waals surface area contributed by atoms with Gasteiger partial charge in [0.15, 0.2) is 0 Å². The molecule has 0 unspecified atom stereocenters. The highest BCUT2D eigenvalue weighted by atomic mass is 35.5. The Morgan fingerprint density at radius 3 is 2.74 bits per heavy atom. The molecule has 4 rings (SSSR count). The van der Waals surface area contributed by atoms with Crippen LogP contribution in [0.4, 0.5) is 0 Å². The van der Waals surface area contributed by atoms with Gasteiger partial charge in [-0.2, -0.15) is 0 Å². The SMILES string of the molecule is Clc1cncc(-c2[nH]c3ccccc3c2-c2ccnc(Cl)n2)c1.[2HH]. The third-order valence-corrected chi connectivity index (χ3v) is 3.97. The molecule has 23 heavy (non-hydrogen) atoms. The minimum Gasteiger partial charge on any atom is -0.354 e. The number of benzene rings is 1. The first-order valence-electron chi connectivity index (χ1n) is 6.93. The van der Waals surface area contributed by atoms with Crippen molar-refractivity contribution in [3.63, 3.8) is 0 Å². The van der Waals surface area contributed by atoms with Crippen molar-refractivity contribution in [1.29, 1.82) is 0 Å². The highest BCUT2D eigenvalue weighted by Gasteiger charge is 2.16. The first kappa shape index (κ1) is 14.2. The Bertz CT molecular complexity index is 1020. The summed E-state index contributed by atoms with van der Waals surface area (Å²) in [7, 11) is 0. The number of nitrogens with zero attached hydrogens (tertiary/aromatic N) is 3. The van der Waals surface area contributed by atoms with Gasteiger partial charge < -0.3 is 4.98 Å². The van der Waals surface area contributed by atoms with Crippen molar-refractivity contribution in [2.45, 2.75) is 0 Å². The fourth-order valence-corrected chi connectivity index (χ4v) is 2.97. The number of rotatable bonds is 2. The van der Waals surface area contributed by atoms with E-state index < -0.39 is 0 Å².